The van der Waals surface area contributed by atoms with Crippen LogP contribution in [0.25, 0.3) is 0 Å². The van der Waals surface area contributed by atoms with Gasteiger partial charge < -0.3 is 15.5 Å². The van der Waals surface area contributed by atoms with Gasteiger partial charge in [0.25, 0.3) is 5.91 Å². The minimum Gasteiger partial charge on any atom is -0.508 e. The summed E-state index contributed by atoms with van der Waals surface area (Å²) in [4.78, 5) is 23.3. The first-order chi connectivity index (χ1) is 10.1. The standard InChI is InChI=1S/C16H15NO4.CH4/c18-13-8-6-11(7-9-13)10-14(16(20)21)17-15(19)12-4-2-1-3-5-12;/h1-9,14,18H,10H2,(H,17,19)(H,20,21);1H4/t14-;/m0./s1. The molecule has 3 N–H and O–H groups in total. The van der Waals surface area contributed by atoms with Crippen molar-refractivity contribution in [3.63, 3.8) is 0 Å². The SMILES string of the molecule is C.O=C(N[C@@H](Cc1ccc(O)cc1)C(=O)O)c1ccccc1. The van der Waals surface area contributed by atoms with Crippen LogP contribution in [0, 0.1) is 0 Å². The van der Waals surface area contributed by atoms with Crippen LogP contribution in [0.3, 0.4) is 0 Å². The van der Waals surface area contributed by atoms with Gasteiger partial charge in [-0.15, -0.1) is 0 Å². The third kappa shape index (κ3) is 4.63. The van der Waals surface area contributed by atoms with E-state index in [1.165, 1.54) is 12.1 Å². The lowest BCUT2D eigenvalue weighted by molar-refractivity contribution is -0.139. The second kappa shape index (κ2) is 7.83. The zero-order valence-electron chi connectivity index (χ0n) is 11.2. The van der Waals surface area contributed by atoms with Gasteiger partial charge in [0.15, 0.2) is 0 Å². The zero-order chi connectivity index (χ0) is 15.2. The third-order valence-electron chi connectivity index (χ3n) is 3.02. The fraction of sp³-hybridized carbons (Fsp3) is 0.176. The van der Waals surface area contributed by atoms with Crippen molar-refractivity contribution in [1.29, 1.82) is 0 Å². The molecule has 0 aliphatic rings. The number of carbonyl (C=O) groups excluding carboxylic acids is 1. The van der Waals surface area contributed by atoms with Crippen LogP contribution in [0.4, 0.5) is 0 Å². The summed E-state index contributed by atoms with van der Waals surface area (Å²) in [7, 11) is 0. The molecule has 1 atom stereocenters. The summed E-state index contributed by atoms with van der Waals surface area (Å²) in [6.45, 7) is 0. The maximum atomic E-state index is 12.0. The Kier molecular flexibility index (Phi) is 6.13. The number of hydrogen-bond acceptors (Lipinski definition) is 3. The molecule has 5 nitrogen and oxygen atoms in total. The van der Waals surface area contributed by atoms with Gasteiger partial charge >= 0.3 is 5.97 Å². The van der Waals surface area contributed by atoms with E-state index in [9.17, 15) is 19.8 Å². The van der Waals surface area contributed by atoms with Crippen molar-refractivity contribution in [1.82, 2.24) is 5.32 Å². The molecule has 0 bridgehead atoms. The molecule has 116 valence electrons. The molecule has 0 saturated heterocycles. The number of phenols is 1. The van der Waals surface area contributed by atoms with E-state index >= 15 is 0 Å². The summed E-state index contributed by atoms with van der Waals surface area (Å²) >= 11 is 0. The highest BCUT2D eigenvalue weighted by molar-refractivity contribution is 5.96. The van der Waals surface area contributed by atoms with E-state index in [0.717, 1.165) is 0 Å². The van der Waals surface area contributed by atoms with Crippen molar-refractivity contribution in [3.8, 4) is 5.75 Å². The van der Waals surface area contributed by atoms with Crippen molar-refractivity contribution in [3.05, 3.63) is 65.7 Å². The number of hydrogen-bond donors (Lipinski definition) is 3. The predicted octanol–water partition coefficient (Wildman–Crippen LogP) is 2.45. The molecule has 0 saturated carbocycles. The Morgan fingerprint density at radius 3 is 2.14 bits per heavy atom. The number of aromatic hydroxyl groups is 1. The molecule has 0 heterocycles. The fourth-order valence-corrected chi connectivity index (χ4v) is 1.90. The van der Waals surface area contributed by atoms with Gasteiger partial charge in [-0.05, 0) is 29.8 Å². The number of carboxylic acid groups (broad SMARTS) is 1. The number of nitrogens with one attached hydrogen (secondary N) is 1. The van der Waals surface area contributed by atoms with E-state index in [0.29, 0.717) is 11.1 Å². The Morgan fingerprint density at radius 1 is 1.00 bits per heavy atom. The Balaban J connectivity index is 0.00000242. The van der Waals surface area contributed by atoms with Gasteiger partial charge in [0.2, 0.25) is 0 Å². The number of benzene rings is 2. The highest BCUT2D eigenvalue weighted by Crippen LogP contribution is 2.12. The van der Waals surface area contributed by atoms with Crippen LogP contribution >= 0.6 is 0 Å². The summed E-state index contributed by atoms with van der Waals surface area (Å²) in [6.07, 6.45) is 0.147. The molecule has 0 spiro atoms. The van der Waals surface area contributed by atoms with Crippen molar-refractivity contribution >= 4 is 11.9 Å². The van der Waals surface area contributed by atoms with Crippen LogP contribution in [0.1, 0.15) is 23.3 Å². The molecule has 22 heavy (non-hydrogen) atoms. The minimum atomic E-state index is -1.10. The lowest BCUT2D eigenvalue weighted by Gasteiger charge is -2.14. The topological polar surface area (TPSA) is 86.6 Å². The van der Waals surface area contributed by atoms with Crippen molar-refractivity contribution in [2.75, 3.05) is 0 Å². The van der Waals surface area contributed by atoms with E-state index in [-0.39, 0.29) is 19.6 Å². The summed E-state index contributed by atoms with van der Waals surface area (Å²) < 4.78 is 0. The first-order valence-electron chi connectivity index (χ1n) is 6.43. The van der Waals surface area contributed by atoms with Gasteiger partial charge in [-0.2, -0.15) is 0 Å². The van der Waals surface area contributed by atoms with Gasteiger partial charge in [-0.3, -0.25) is 4.79 Å². The van der Waals surface area contributed by atoms with Gasteiger partial charge in [-0.25, -0.2) is 4.79 Å². The van der Waals surface area contributed by atoms with Crippen LogP contribution in [-0.2, 0) is 11.2 Å². The quantitative estimate of drug-likeness (QED) is 0.791. The van der Waals surface area contributed by atoms with Crippen LogP contribution in [0.15, 0.2) is 54.6 Å². The third-order valence-corrected chi connectivity index (χ3v) is 3.02. The maximum Gasteiger partial charge on any atom is 0.326 e. The van der Waals surface area contributed by atoms with Crippen LogP contribution in [0.2, 0.25) is 0 Å². The van der Waals surface area contributed by atoms with Crippen molar-refractivity contribution in [2.45, 2.75) is 19.9 Å². The van der Waals surface area contributed by atoms with Crippen LogP contribution in [-0.4, -0.2) is 28.1 Å². The molecule has 2 rings (SSSR count). The van der Waals surface area contributed by atoms with E-state index in [1.54, 1.807) is 42.5 Å². The molecule has 2 aromatic rings. The largest absolute Gasteiger partial charge is 0.508 e. The molecule has 0 fully saturated rings. The molecule has 0 aliphatic heterocycles. The number of amides is 1. The Morgan fingerprint density at radius 2 is 1.59 bits per heavy atom. The number of carbonyl (C=O) groups is 2. The van der Waals surface area contributed by atoms with Gasteiger partial charge in [0.05, 0.1) is 0 Å². The van der Waals surface area contributed by atoms with Crippen LogP contribution in [0.5, 0.6) is 5.75 Å². The summed E-state index contributed by atoms with van der Waals surface area (Å²) in [5.41, 5.74) is 1.13. The second-order valence-corrected chi connectivity index (χ2v) is 4.60. The Hall–Kier alpha value is -2.82. The van der Waals surface area contributed by atoms with E-state index < -0.39 is 17.9 Å². The molecule has 0 aromatic heterocycles. The normalized spacial score (nSPS) is 11.1. The average Bonchev–Trinajstić information content (AvgIpc) is 2.49. The van der Waals surface area contributed by atoms with Gasteiger partial charge in [0, 0.05) is 12.0 Å². The summed E-state index contributed by atoms with van der Waals surface area (Å²) in [5, 5.41) is 20.9. The molecular weight excluding hydrogens is 282 g/mol. The monoisotopic (exact) mass is 301 g/mol. The zero-order valence-corrected chi connectivity index (χ0v) is 11.2. The first-order valence-corrected chi connectivity index (χ1v) is 6.43. The maximum absolute atomic E-state index is 12.0. The minimum absolute atomic E-state index is 0. The molecule has 0 aliphatic carbocycles. The smallest absolute Gasteiger partial charge is 0.326 e. The van der Waals surface area contributed by atoms with E-state index in [2.05, 4.69) is 5.32 Å². The lowest BCUT2D eigenvalue weighted by Crippen LogP contribution is -2.42. The highest BCUT2D eigenvalue weighted by atomic mass is 16.4. The molecule has 2 aromatic carbocycles. The van der Waals surface area contributed by atoms with E-state index in [4.69, 9.17) is 0 Å². The highest BCUT2D eigenvalue weighted by Gasteiger charge is 2.21. The number of aliphatic carboxylic acids is 1. The second-order valence-electron chi connectivity index (χ2n) is 4.60. The molecule has 5 heteroatoms. The first kappa shape index (κ1) is 17.2. The number of phenolic OH excluding ortho intramolecular Hbond substituents is 1. The number of carboxylic acids is 1. The molecular formula is C17H19NO4. The lowest BCUT2D eigenvalue weighted by atomic mass is 10.1. The van der Waals surface area contributed by atoms with Crippen molar-refractivity contribution < 1.29 is 19.8 Å². The Bertz CT molecular complexity index is 623. The van der Waals surface area contributed by atoms with Crippen molar-refractivity contribution in [2.24, 2.45) is 0 Å². The summed E-state index contributed by atoms with van der Waals surface area (Å²) in [5.74, 6) is -1.42. The predicted molar refractivity (Wildman–Crippen MR) is 83.9 cm³/mol. The average molecular weight is 301 g/mol. The number of rotatable bonds is 5. The molecule has 1 amide bonds. The Labute approximate surface area is 129 Å². The molecule has 0 unspecified atom stereocenters. The molecule has 0 radical (unpaired) electrons. The van der Waals surface area contributed by atoms with Crippen LogP contribution < -0.4 is 5.32 Å². The van der Waals surface area contributed by atoms with Gasteiger partial charge in [-0.1, -0.05) is 37.8 Å². The van der Waals surface area contributed by atoms with Gasteiger partial charge in [0.1, 0.15) is 11.8 Å². The van der Waals surface area contributed by atoms with E-state index in [1.807, 2.05) is 0 Å². The fourth-order valence-electron chi connectivity index (χ4n) is 1.90. The summed E-state index contributed by atoms with van der Waals surface area (Å²) in [6, 6.07) is 13.6.